The lowest BCUT2D eigenvalue weighted by molar-refractivity contribution is -0.385. The molecule has 1 fully saturated rings. The number of nitro benzene ring substituents is 1. The van der Waals surface area contributed by atoms with Crippen LogP contribution < -0.4 is 10.1 Å². The van der Waals surface area contributed by atoms with Crippen molar-refractivity contribution >= 4 is 17.6 Å². The monoisotopic (exact) mass is 431 g/mol. The summed E-state index contributed by atoms with van der Waals surface area (Å²) in [6.45, 7) is 1.66. The van der Waals surface area contributed by atoms with E-state index in [-0.39, 0.29) is 24.6 Å². The van der Waals surface area contributed by atoms with Crippen LogP contribution in [0.3, 0.4) is 0 Å². The second kappa shape index (κ2) is 8.50. The second-order valence-corrected chi connectivity index (χ2v) is 7.45. The van der Waals surface area contributed by atoms with E-state index in [0.717, 1.165) is 10.5 Å². The van der Waals surface area contributed by atoms with Crippen LogP contribution in [0.25, 0.3) is 0 Å². The van der Waals surface area contributed by atoms with Gasteiger partial charge in [-0.1, -0.05) is 66.7 Å². The average molecular weight is 431 g/mol. The van der Waals surface area contributed by atoms with E-state index in [4.69, 9.17) is 4.74 Å². The number of carbonyl (C=O) groups is 2. The number of carbonyl (C=O) groups excluding carboxylic acids is 2. The van der Waals surface area contributed by atoms with Crippen LogP contribution in [0, 0.1) is 17.0 Å². The number of nitrogens with one attached hydrogen (secondary N) is 1. The molecule has 3 amide bonds. The smallest absolute Gasteiger partial charge is 0.325 e. The third-order valence-electron chi connectivity index (χ3n) is 5.40. The summed E-state index contributed by atoms with van der Waals surface area (Å²) in [6, 6.07) is 22.1. The Morgan fingerprint density at radius 2 is 1.56 bits per heavy atom. The molecule has 8 heteroatoms. The molecule has 0 unspecified atom stereocenters. The maximum absolute atomic E-state index is 13.6. The van der Waals surface area contributed by atoms with Crippen LogP contribution in [0.1, 0.15) is 16.7 Å². The number of ether oxygens (including phenoxy) is 1. The van der Waals surface area contributed by atoms with Crippen LogP contribution in [0.2, 0.25) is 0 Å². The molecule has 8 nitrogen and oxygen atoms in total. The van der Waals surface area contributed by atoms with Crippen molar-refractivity contribution in [3.05, 3.63) is 106 Å². The molecule has 3 aromatic carbocycles. The number of imide groups is 1. The molecule has 3 aromatic rings. The highest BCUT2D eigenvalue weighted by Crippen LogP contribution is 2.36. The van der Waals surface area contributed by atoms with Gasteiger partial charge in [0.1, 0.15) is 6.61 Å². The predicted octanol–water partition coefficient (Wildman–Crippen LogP) is 3.78. The molecule has 4 rings (SSSR count). The molecule has 1 heterocycles. The number of urea groups is 1. The second-order valence-electron chi connectivity index (χ2n) is 7.45. The molecule has 0 atom stereocenters. The topological polar surface area (TPSA) is 102 Å². The summed E-state index contributed by atoms with van der Waals surface area (Å²) in [7, 11) is 0. The van der Waals surface area contributed by atoms with Crippen molar-refractivity contribution in [2.45, 2.75) is 12.5 Å². The third kappa shape index (κ3) is 3.66. The van der Waals surface area contributed by atoms with E-state index in [9.17, 15) is 19.7 Å². The summed E-state index contributed by atoms with van der Waals surface area (Å²) in [5, 5.41) is 14.1. The molecule has 0 radical (unpaired) electrons. The molecular weight excluding hydrogens is 410 g/mol. The summed E-state index contributed by atoms with van der Waals surface area (Å²) in [5.41, 5.74) is 0.558. The number of nitro groups is 1. The van der Waals surface area contributed by atoms with E-state index in [1.807, 2.05) is 36.4 Å². The lowest BCUT2D eigenvalue weighted by Gasteiger charge is -2.28. The SMILES string of the molecule is Cc1ccc([N+](=O)[O-])c(OCCN2C(=O)NC(c3ccccc3)(c3ccccc3)C2=O)c1. The van der Waals surface area contributed by atoms with Gasteiger partial charge < -0.3 is 10.1 Å². The standard InChI is InChI=1S/C24H21N3O5/c1-17-12-13-20(27(30)31)21(16-17)32-15-14-26-22(28)24(25-23(26)29,18-8-4-2-5-9-18)19-10-6-3-7-11-19/h2-13,16H,14-15H2,1H3,(H,25,29). The molecule has 0 aromatic heterocycles. The van der Waals surface area contributed by atoms with Crippen molar-refractivity contribution in [3.8, 4) is 5.75 Å². The van der Waals surface area contributed by atoms with Gasteiger partial charge >= 0.3 is 11.7 Å². The molecule has 0 spiro atoms. The zero-order valence-electron chi connectivity index (χ0n) is 17.4. The summed E-state index contributed by atoms with van der Waals surface area (Å²) in [5.74, 6) is -0.332. The highest BCUT2D eigenvalue weighted by molar-refractivity contribution is 6.09. The van der Waals surface area contributed by atoms with Gasteiger partial charge in [0.2, 0.25) is 0 Å². The van der Waals surface area contributed by atoms with Crippen LogP contribution in [-0.2, 0) is 10.3 Å². The Morgan fingerprint density at radius 1 is 0.969 bits per heavy atom. The first-order chi connectivity index (χ1) is 15.4. The molecule has 1 aliphatic rings. The first kappa shape index (κ1) is 21.0. The number of hydrogen-bond acceptors (Lipinski definition) is 5. The normalized spacial score (nSPS) is 14.8. The number of aryl methyl sites for hydroxylation is 1. The number of amides is 3. The van der Waals surface area contributed by atoms with Crippen molar-refractivity contribution in [2.75, 3.05) is 13.2 Å². The van der Waals surface area contributed by atoms with Crippen LogP contribution in [0.5, 0.6) is 5.75 Å². The lowest BCUT2D eigenvalue weighted by Crippen LogP contribution is -2.45. The van der Waals surface area contributed by atoms with E-state index in [1.54, 1.807) is 43.3 Å². The zero-order valence-corrected chi connectivity index (χ0v) is 17.4. The lowest BCUT2D eigenvalue weighted by atomic mass is 9.82. The van der Waals surface area contributed by atoms with Crippen LogP contribution in [0.4, 0.5) is 10.5 Å². The fourth-order valence-electron chi connectivity index (χ4n) is 3.85. The quantitative estimate of drug-likeness (QED) is 0.349. The Kier molecular flexibility index (Phi) is 5.59. The minimum Gasteiger partial charge on any atom is -0.485 e. The third-order valence-corrected chi connectivity index (χ3v) is 5.40. The maximum Gasteiger partial charge on any atom is 0.325 e. The molecule has 1 saturated heterocycles. The Hall–Kier alpha value is -4.20. The fourth-order valence-corrected chi connectivity index (χ4v) is 3.85. The van der Waals surface area contributed by atoms with Gasteiger partial charge in [0.25, 0.3) is 5.91 Å². The number of hydrogen-bond donors (Lipinski definition) is 1. The van der Waals surface area contributed by atoms with Gasteiger partial charge in [-0.2, -0.15) is 0 Å². The summed E-state index contributed by atoms with van der Waals surface area (Å²) >= 11 is 0. The zero-order chi connectivity index (χ0) is 22.7. The van der Waals surface area contributed by atoms with Crippen molar-refractivity contribution < 1.29 is 19.2 Å². The minimum absolute atomic E-state index is 0.0584. The van der Waals surface area contributed by atoms with Gasteiger partial charge in [-0.3, -0.25) is 19.8 Å². The van der Waals surface area contributed by atoms with Crippen molar-refractivity contribution in [1.82, 2.24) is 10.2 Å². The van der Waals surface area contributed by atoms with Gasteiger partial charge in [0.15, 0.2) is 11.3 Å². The van der Waals surface area contributed by atoms with Gasteiger partial charge in [-0.25, -0.2) is 4.79 Å². The first-order valence-corrected chi connectivity index (χ1v) is 10.1. The van der Waals surface area contributed by atoms with Gasteiger partial charge in [-0.15, -0.1) is 0 Å². The summed E-state index contributed by atoms with van der Waals surface area (Å²) < 4.78 is 5.60. The number of nitrogens with zero attached hydrogens (tertiary/aromatic N) is 2. The molecule has 1 aliphatic heterocycles. The molecule has 32 heavy (non-hydrogen) atoms. The van der Waals surface area contributed by atoms with Crippen molar-refractivity contribution in [1.29, 1.82) is 0 Å². The van der Waals surface area contributed by atoms with Gasteiger partial charge in [-0.05, 0) is 29.7 Å². The molecule has 1 N–H and O–H groups in total. The van der Waals surface area contributed by atoms with Crippen LogP contribution in [-0.4, -0.2) is 34.9 Å². The Labute approximate surface area is 184 Å². The van der Waals surface area contributed by atoms with Crippen molar-refractivity contribution in [3.63, 3.8) is 0 Å². The molecular formula is C24H21N3O5. The minimum atomic E-state index is -1.35. The summed E-state index contributed by atoms with van der Waals surface area (Å²) in [6.07, 6.45) is 0. The molecule has 0 aliphatic carbocycles. The maximum atomic E-state index is 13.6. The van der Waals surface area contributed by atoms with Gasteiger partial charge in [0, 0.05) is 6.07 Å². The number of benzene rings is 3. The molecule has 162 valence electrons. The Balaban J connectivity index is 1.60. The largest absolute Gasteiger partial charge is 0.485 e. The van der Waals surface area contributed by atoms with Crippen LogP contribution >= 0.6 is 0 Å². The molecule has 0 bridgehead atoms. The average Bonchev–Trinajstić information content (AvgIpc) is 3.06. The molecule has 0 saturated carbocycles. The number of rotatable bonds is 7. The van der Waals surface area contributed by atoms with Gasteiger partial charge in [0.05, 0.1) is 11.5 Å². The Morgan fingerprint density at radius 3 is 2.12 bits per heavy atom. The fraction of sp³-hybridized carbons (Fsp3) is 0.167. The van der Waals surface area contributed by atoms with Crippen molar-refractivity contribution in [2.24, 2.45) is 0 Å². The summed E-state index contributed by atoms with van der Waals surface area (Å²) in [4.78, 5) is 38.2. The van der Waals surface area contributed by atoms with E-state index in [1.165, 1.54) is 6.07 Å². The Bertz CT molecular complexity index is 1130. The van der Waals surface area contributed by atoms with Crippen LogP contribution in [0.15, 0.2) is 78.9 Å². The van der Waals surface area contributed by atoms with E-state index >= 15 is 0 Å². The first-order valence-electron chi connectivity index (χ1n) is 10.1. The highest BCUT2D eigenvalue weighted by Gasteiger charge is 2.53. The van der Waals surface area contributed by atoms with E-state index in [2.05, 4.69) is 5.32 Å². The van der Waals surface area contributed by atoms with E-state index in [0.29, 0.717) is 11.1 Å². The highest BCUT2D eigenvalue weighted by atomic mass is 16.6. The predicted molar refractivity (Wildman–Crippen MR) is 117 cm³/mol. The van der Waals surface area contributed by atoms with E-state index < -0.39 is 22.4 Å².